The van der Waals surface area contributed by atoms with E-state index in [9.17, 15) is 4.79 Å². The Morgan fingerprint density at radius 1 is 1.22 bits per heavy atom. The van der Waals surface area contributed by atoms with Gasteiger partial charge in [0.05, 0.1) is 0 Å². The van der Waals surface area contributed by atoms with Crippen LogP contribution in [0.4, 0.5) is 0 Å². The molecule has 18 heavy (non-hydrogen) atoms. The molecule has 3 heteroatoms. The first kappa shape index (κ1) is 12.7. The standard InChI is InChI=1S/C15H18N2O/c18-15(10-7-13-5-2-1-3-6-13)17-12-4-11-16-14-8-9-14/h1-3,5-6,14,16H,4,8-9,11-12H2,(H,17,18). The zero-order valence-corrected chi connectivity index (χ0v) is 10.4. The molecule has 2 rings (SSSR count). The van der Waals surface area contributed by atoms with Gasteiger partial charge in [0.1, 0.15) is 0 Å². The number of amides is 1. The van der Waals surface area contributed by atoms with Crippen LogP contribution in [-0.2, 0) is 4.79 Å². The fourth-order valence-corrected chi connectivity index (χ4v) is 1.58. The molecule has 1 aliphatic rings. The number of benzene rings is 1. The van der Waals surface area contributed by atoms with E-state index in [2.05, 4.69) is 22.5 Å². The predicted molar refractivity (Wildman–Crippen MR) is 72.0 cm³/mol. The molecule has 0 heterocycles. The molecule has 1 amide bonds. The maximum atomic E-state index is 11.4. The third-order valence-corrected chi connectivity index (χ3v) is 2.74. The van der Waals surface area contributed by atoms with Gasteiger partial charge in [-0.2, -0.15) is 0 Å². The van der Waals surface area contributed by atoms with Crippen LogP contribution >= 0.6 is 0 Å². The van der Waals surface area contributed by atoms with Gasteiger partial charge in [0, 0.05) is 24.1 Å². The van der Waals surface area contributed by atoms with Crippen molar-refractivity contribution in [2.75, 3.05) is 13.1 Å². The summed E-state index contributed by atoms with van der Waals surface area (Å²) in [5.74, 6) is 5.22. The molecule has 1 aromatic rings. The van der Waals surface area contributed by atoms with Crippen molar-refractivity contribution < 1.29 is 4.79 Å². The molecule has 0 radical (unpaired) electrons. The lowest BCUT2D eigenvalue weighted by molar-refractivity contribution is -0.115. The lowest BCUT2D eigenvalue weighted by atomic mass is 10.2. The molecule has 0 spiro atoms. The Balaban J connectivity index is 1.61. The highest BCUT2D eigenvalue weighted by atomic mass is 16.1. The summed E-state index contributed by atoms with van der Waals surface area (Å²) >= 11 is 0. The minimum absolute atomic E-state index is 0.203. The highest BCUT2D eigenvalue weighted by Crippen LogP contribution is 2.18. The summed E-state index contributed by atoms with van der Waals surface area (Å²) in [7, 11) is 0. The minimum Gasteiger partial charge on any atom is -0.345 e. The Morgan fingerprint density at radius 3 is 2.72 bits per heavy atom. The topological polar surface area (TPSA) is 41.1 Å². The van der Waals surface area contributed by atoms with E-state index in [-0.39, 0.29) is 5.91 Å². The number of hydrogen-bond acceptors (Lipinski definition) is 2. The molecule has 0 unspecified atom stereocenters. The van der Waals surface area contributed by atoms with Gasteiger partial charge < -0.3 is 10.6 Å². The van der Waals surface area contributed by atoms with Gasteiger partial charge in [-0.3, -0.25) is 4.79 Å². The van der Waals surface area contributed by atoms with Gasteiger partial charge in [0.25, 0.3) is 5.91 Å². The number of nitrogens with one attached hydrogen (secondary N) is 2. The first-order valence-electron chi connectivity index (χ1n) is 6.43. The molecule has 1 aromatic carbocycles. The van der Waals surface area contributed by atoms with Crippen molar-refractivity contribution >= 4 is 5.91 Å². The summed E-state index contributed by atoms with van der Waals surface area (Å²) in [5, 5.41) is 6.20. The fraction of sp³-hybridized carbons (Fsp3) is 0.400. The van der Waals surface area contributed by atoms with Crippen molar-refractivity contribution in [3.8, 4) is 11.8 Å². The summed E-state index contributed by atoms with van der Waals surface area (Å²) < 4.78 is 0. The molecule has 0 aliphatic heterocycles. The second kappa shape index (κ2) is 6.83. The van der Waals surface area contributed by atoms with Crippen LogP contribution in [0.5, 0.6) is 0 Å². The normalized spacial score (nSPS) is 13.6. The number of carbonyl (C=O) groups excluding carboxylic acids is 1. The molecule has 1 saturated carbocycles. The number of carbonyl (C=O) groups is 1. The highest BCUT2D eigenvalue weighted by molar-refractivity contribution is 5.94. The van der Waals surface area contributed by atoms with Crippen LogP contribution in [0.15, 0.2) is 30.3 Å². The van der Waals surface area contributed by atoms with Crippen LogP contribution in [0, 0.1) is 11.8 Å². The minimum atomic E-state index is -0.203. The zero-order valence-electron chi connectivity index (χ0n) is 10.4. The molecule has 3 nitrogen and oxygen atoms in total. The molecule has 0 atom stereocenters. The van der Waals surface area contributed by atoms with Crippen molar-refractivity contribution in [2.45, 2.75) is 25.3 Å². The van der Waals surface area contributed by atoms with Gasteiger partial charge in [-0.15, -0.1) is 0 Å². The van der Waals surface area contributed by atoms with Crippen molar-refractivity contribution in [3.05, 3.63) is 35.9 Å². The molecule has 1 fully saturated rings. The highest BCUT2D eigenvalue weighted by Gasteiger charge is 2.19. The Morgan fingerprint density at radius 2 is 2.00 bits per heavy atom. The van der Waals surface area contributed by atoms with Gasteiger partial charge in [0.2, 0.25) is 0 Å². The van der Waals surface area contributed by atoms with E-state index < -0.39 is 0 Å². The third kappa shape index (κ3) is 5.03. The maximum Gasteiger partial charge on any atom is 0.296 e. The zero-order chi connectivity index (χ0) is 12.6. The Kier molecular flexibility index (Phi) is 4.80. The summed E-state index contributed by atoms with van der Waals surface area (Å²) in [5.41, 5.74) is 0.864. The quantitative estimate of drug-likeness (QED) is 0.603. The molecule has 94 valence electrons. The molecular weight excluding hydrogens is 224 g/mol. The molecule has 1 aliphatic carbocycles. The van der Waals surface area contributed by atoms with Crippen molar-refractivity contribution in [2.24, 2.45) is 0 Å². The average Bonchev–Trinajstić information content (AvgIpc) is 3.21. The summed E-state index contributed by atoms with van der Waals surface area (Å²) in [6.45, 7) is 1.65. The van der Waals surface area contributed by atoms with Crippen LogP contribution < -0.4 is 10.6 Å². The van der Waals surface area contributed by atoms with Crippen LogP contribution in [0.3, 0.4) is 0 Å². The van der Waals surface area contributed by atoms with Crippen molar-refractivity contribution in [3.63, 3.8) is 0 Å². The number of rotatable bonds is 5. The smallest absolute Gasteiger partial charge is 0.296 e. The van der Waals surface area contributed by atoms with Crippen molar-refractivity contribution in [1.29, 1.82) is 0 Å². The molecular formula is C15H18N2O. The first-order chi connectivity index (χ1) is 8.84. The SMILES string of the molecule is O=C(C#Cc1ccccc1)NCCCNC1CC1. The third-order valence-electron chi connectivity index (χ3n) is 2.74. The second-order valence-corrected chi connectivity index (χ2v) is 4.45. The van der Waals surface area contributed by atoms with E-state index in [0.717, 1.165) is 24.6 Å². The largest absolute Gasteiger partial charge is 0.345 e. The predicted octanol–water partition coefficient (Wildman–Crippen LogP) is 1.30. The van der Waals surface area contributed by atoms with Crippen molar-refractivity contribution in [1.82, 2.24) is 10.6 Å². The molecule has 0 aromatic heterocycles. The van der Waals surface area contributed by atoms with E-state index >= 15 is 0 Å². The monoisotopic (exact) mass is 242 g/mol. The second-order valence-electron chi connectivity index (χ2n) is 4.45. The summed E-state index contributed by atoms with van der Waals surface area (Å²) in [6, 6.07) is 10.3. The maximum absolute atomic E-state index is 11.4. The summed E-state index contributed by atoms with van der Waals surface area (Å²) in [4.78, 5) is 11.4. The molecule has 0 saturated heterocycles. The van der Waals surface area contributed by atoms with E-state index in [1.165, 1.54) is 12.8 Å². The summed E-state index contributed by atoms with van der Waals surface area (Å²) in [6.07, 6.45) is 3.55. The van der Waals surface area contributed by atoms with Gasteiger partial charge >= 0.3 is 0 Å². The van der Waals surface area contributed by atoms with Crippen LogP contribution in [0.25, 0.3) is 0 Å². The van der Waals surface area contributed by atoms with Gasteiger partial charge in [-0.25, -0.2) is 0 Å². The van der Waals surface area contributed by atoms with Gasteiger partial charge in [0.15, 0.2) is 0 Å². The molecule has 0 bridgehead atoms. The van der Waals surface area contributed by atoms with Crippen LogP contribution in [-0.4, -0.2) is 25.0 Å². The lowest BCUT2D eigenvalue weighted by Gasteiger charge is -2.02. The number of hydrogen-bond donors (Lipinski definition) is 2. The van der Waals surface area contributed by atoms with Gasteiger partial charge in [-0.1, -0.05) is 24.1 Å². The Hall–Kier alpha value is -1.79. The van der Waals surface area contributed by atoms with E-state index in [1.54, 1.807) is 0 Å². The average molecular weight is 242 g/mol. The fourth-order valence-electron chi connectivity index (χ4n) is 1.58. The van der Waals surface area contributed by atoms with E-state index in [4.69, 9.17) is 0 Å². The van der Waals surface area contributed by atoms with E-state index in [1.807, 2.05) is 30.3 Å². The van der Waals surface area contributed by atoms with Gasteiger partial charge in [-0.05, 0) is 37.9 Å². The lowest BCUT2D eigenvalue weighted by Crippen LogP contribution is -2.26. The first-order valence-corrected chi connectivity index (χ1v) is 6.43. The Bertz CT molecular complexity index is 441. The van der Waals surface area contributed by atoms with Crippen LogP contribution in [0.1, 0.15) is 24.8 Å². The van der Waals surface area contributed by atoms with Crippen LogP contribution in [0.2, 0.25) is 0 Å². The van der Waals surface area contributed by atoms with E-state index in [0.29, 0.717) is 6.54 Å². The Labute approximate surface area is 108 Å². The molecule has 2 N–H and O–H groups in total.